The molecule has 0 aliphatic heterocycles. The lowest BCUT2D eigenvalue weighted by Gasteiger charge is -2.29. The van der Waals surface area contributed by atoms with Gasteiger partial charge in [-0.2, -0.15) is 0 Å². The highest BCUT2D eigenvalue weighted by Gasteiger charge is 2.18. The van der Waals surface area contributed by atoms with Crippen LogP contribution in [0.5, 0.6) is 0 Å². The average molecular weight is 275 g/mol. The maximum absolute atomic E-state index is 5.70. The van der Waals surface area contributed by atoms with Crippen molar-refractivity contribution in [1.82, 2.24) is 9.88 Å². The lowest BCUT2D eigenvalue weighted by atomic mass is 10.0. The van der Waals surface area contributed by atoms with Gasteiger partial charge in [-0.1, -0.05) is 44.2 Å². The molecule has 1 heterocycles. The topological polar surface area (TPSA) is 42.2 Å². The van der Waals surface area contributed by atoms with E-state index in [1.807, 2.05) is 6.20 Å². The summed E-state index contributed by atoms with van der Waals surface area (Å²) < 4.78 is 0. The largest absolute Gasteiger partial charge is 0.375 e. The van der Waals surface area contributed by atoms with Crippen molar-refractivity contribution in [3.05, 3.63) is 47.0 Å². The van der Waals surface area contributed by atoms with Crippen molar-refractivity contribution in [2.24, 2.45) is 0 Å². The van der Waals surface area contributed by atoms with Gasteiger partial charge in [0.1, 0.15) is 0 Å². The number of nitrogens with two attached hydrogens (primary N) is 1. The standard InChI is InChI=1S/C15H21N3S/c1-3-14(12-8-6-5-7-9-12)18(4-2)11-13-10-17-15(16)19-13/h5-10,14H,3-4,11H2,1-2H3,(H2,16,17). The summed E-state index contributed by atoms with van der Waals surface area (Å²) in [5.41, 5.74) is 7.08. The van der Waals surface area contributed by atoms with Crippen LogP contribution in [0.25, 0.3) is 0 Å². The van der Waals surface area contributed by atoms with Crippen LogP contribution < -0.4 is 5.73 Å². The van der Waals surface area contributed by atoms with Crippen LogP contribution in [-0.4, -0.2) is 16.4 Å². The molecule has 0 saturated heterocycles. The third kappa shape index (κ3) is 3.55. The summed E-state index contributed by atoms with van der Waals surface area (Å²) in [5, 5.41) is 0.652. The van der Waals surface area contributed by atoms with Crippen LogP contribution in [0.3, 0.4) is 0 Å². The van der Waals surface area contributed by atoms with Gasteiger partial charge in [-0.25, -0.2) is 4.98 Å². The minimum atomic E-state index is 0.453. The Morgan fingerprint density at radius 3 is 2.53 bits per heavy atom. The molecule has 0 spiro atoms. The van der Waals surface area contributed by atoms with Gasteiger partial charge in [-0.3, -0.25) is 4.90 Å². The summed E-state index contributed by atoms with van der Waals surface area (Å²) in [6.45, 7) is 6.38. The van der Waals surface area contributed by atoms with E-state index in [4.69, 9.17) is 5.73 Å². The van der Waals surface area contributed by atoms with Gasteiger partial charge in [-0.15, -0.1) is 11.3 Å². The van der Waals surface area contributed by atoms with Gasteiger partial charge in [0.2, 0.25) is 0 Å². The lowest BCUT2D eigenvalue weighted by molar-refractivity contribution is 0.195. The van der Waals surface area contributed by atoms with Gasteiger partial charge in [0.25, 0.3) is 0 Å². The van der Waals surface area contributed by atoms with Crippen LogP contribution in [0.15, 0.2) is 36.5 Å². The number of thiazole rings is 1. The predicted octanol–water partition coefficient (Wildman–Crippen LogP) is 3.70. The van der Waals surface area contributed by atoms with Crippen molar-refractivity contribution in [1.29, 1.82) is 0 Å². The molecule has 19 heavy (non-hydrogen) atoms. The molecule has 0 amide bonds. The molecule has 4 heteroatoms. The van der Waals surface area contributed by atoms with E-state index in [2.05, 4.69) is 54.1 Å². The Hall–Kier alpha value is -1.39. The molecule has 1 aromatic heterocycles. The summed E-state index contributed by atoms with van der Waals surface area (Å²) in [4.78, 5) is 7.84. The Morgan fingerprint density at radius 2 is 2.00 bits per heavy atom. The summed E-state index contributed by atoms with van der Waals surface area (Å²) in [6.07, 6.45) is 2.99. The molecule has 2 aromatic rings. The smallest absolute Gasteiger partial charge is 0.180 e. The van der Waals surface area contributed by atoms with Crippen LogP contribution in [0, 0.1) is 0 Å². The zero-order valence-corrected chi connectivity index (χ0v) is 12.4. The van der Waals surface area contributed by atoms with Crippen LogP contribution in [-0.2, 0) is 6.54 Å². The zero-order chi connectivity index (χ0) is 13.7. The highest BCUT2D eigenvalue weighted by atomic mass is 32.1. The number of benzene rings is 1. The van der Waals surface area contributed by atoms with Gasteiger partial charge in [0, 0.05) is 23.7 Å². The van der Waals surface area contributed by atoms with Gasteiger partial charge < -0.3 is 5.73 Å². The number of hydrogen-bond donors (Lipinski definition) is 1. The number of anilines is 1. The van der Waals surface area contributed by atoms with E-state index >= 15 is 0 Å². The molecule has 0 aliphatic rings. The van der Waals surface area contributed by atoms with E-state index < -0.39 is 0 Å². The Morgan fingerprint density at radius 1 is 1.26 bits per heavy atom. The van der Waals surface area contributed by atoms with Crippen LogP contribution in [0.4, 0.5) is 5.13 Å². The normalized spacial score (nSPS) is 12.8. The van der Waals surface area contributed by atoms with Crippen LogP contribution in [0.2, 0.25) is 0 Å². The SMILES string of the molecule is CCC(c1ccccc1)N(CC)Cc1cnc(N)s1. The van der Waals surface area contributed by atoms with Crippen molar-refractivity contribution in [3.63, 3.8) is 0 Å². The van der Waals surface area contributed by atoms with E-state index in [0.717, 1.165) is 19.5 Å². The van der Waals surface area contributed by atoms with Crippen molar-refractivity contribution >= 4 is 16.5 Å². The Kier molecular flexibility index (Phi) is 4.93. The highest BCUT2D eigenvalue weighted by molar-refractivity contribution is 7.15. The van der Waals surface area contributed by atoms with E-state index in [1.54, 1.807) is 11.3 Å². The van der Waals surface area contributed by atoms with Gasteiger partial charge in [0.05, 0.1) is 0 Å². The van der Waals surface area contributed by atoms with Crippen LogP contribution >= 0.6 is 11.3 Å². The predicted molar refractivity (Wildman–Crippen MR) is 82.1 cm³/mol. The van der Waals surface area contributed by atoms with E-state index in [-0.39, 0.29) is 0 Å². The summed E-state index contributed by atoms with van der Waals surface area (Å²) in [5.74, 6) is 0. The Balaban J connectivity index is 2.15. The van der Waals surface area contributed by atoms with E-state index in [9.17, 15) is 0 Å². The third-order valence-corrected chi connectivity index (χ3v) is 4.16. The molecule has 0 fully saturated rings. The van der Waals surface area contributed by atoms with Crippen molar-refractivity contribution < 1.29 is 0 Å². The van der Waals surface area contributed by atoms with Crippen molar-refractivity contribution in [2.45, 2.75) is 32.9 Å². The summed E-state index contributed by atoms with van der Waals surface area (Å²) >= 11 is 1.58. The first-order valence-electron chi connectivity index (χ1n) is 6.73. The third-order valence-electron chi connectivity index (χ3n) is 3.35. The fourth-order valence-corrected chi connectivity index (χ4v) is 3.13. The van der Waals surface area contributed by atoms with Gasteiger partial charge in [-0.05, 0) is 18.5 Å². The maximum Gasteiger partial charge on any atom is 0.180 e. The number of rotatable bonds is 6. The van der Waals surface area contributed by atoms with Gasteiger partial charge >= 0.3 is 0 Å². The van der Waals surface area contributed by atoms with Crippen molar-refractivity contribution in [3.8, 4) is 0 Å². The lowest BCUT2D eigenvalue weighted by Crippen LogP contribution is -2.27. The summed E-state index contributed by atoms with van der Waals surface area (Å²) in [6, 6.07) is 11.1. The highest BCUT2D eigenvalue weighted by Crippen LogP contribution is 2.27. The fourth-order valence-electron chi connectivity index (χ4n) is 2.42. The molecular formula is C15H21N3S. The Bertz CT molecular complexity index is 495. The second kappa shape index (κ2) is 6.68. The molecular weight excluding hydrogens is 254 g/mol. The minimum Gasteiger partial charge on any atom is -0.375 e. The molecule has 1 aromatic carbocycles. The van der Waals surface area contributed by atoms with Crippen molar-refractivity contribution in [2.75, 3.05) is 12.3 Å². The maximum atomic E-state index is 5.70. The number of nitrogen functional groups attached to an aromatic ring is 1. The molecule has 2 N–H and O–H groups in total. The summed E-state index contributed by atoms with van der Waals surface area (Å²) in [7, 11) is 0. The molecule has 102 valence electrons. The number of hydrogen-bond acceptors (Lipinski definition) is 4. The second-order valence-corrected chi connectivity index (χ2v) is 5.71. The Labute approximate surface area is 119 Å². The molecule has 2 rings (SSSR count). The first-order valence-corrected chi connectivity index (χ1v) is 7.55. The molecule has 1 unspecified atom stereocenters. The zero-order valence-electron chi connectivity index (χ0n) is 11.5. The first kappa shape index (κ1) is 14.0. The molecule has 3 nitrogen and oxygen atoms in total. The monoisotopic (exact) mass is 275 g/mol. The quantitative estimate of drug-likeness (QED) is 0.874. The second-order valence-electron chi connectivity index (χ2n) is 4.56. The van der Waals surface area contributed by atoms with Crippen LogP contribution in [0.1, 0.15) is 36.8 Å². The number of aromatic nitrogens is 1. The fraction of sp³-hybridized carbons (Fsp3) is 0.400. The van der Waals surface area contributed by atoms with E-state index in [0.29, 0.717) is 11.2 Å². The average Bonchev–Trinajstić information content (AvgIpc) is 2.85. The molecule has 0 radical (unpaired) electrons. The van der Waals surface area contributed by atoms with Gasteiger partial charge in [0.15, 0.2) is 5.13 Å². The minimum absolute atomic E-state index is 0.453. The first-order chi connectivity index (χ1) is 9.24. The number of nitrogens with zero attached hydrogens (tertiary/aromatic N) is 2. The molecule has 1 atom stereocenters. The molecule has 0 aliphatic carbocycles. The van der Waals surface area contributed by atoms with E-state index in [1.165, 1.54) is 10.4 Å². The molecule has 0 saturated carbocycles. The molecule has 0 bridgehead atoms.